The summed E-state index contributed by atoms with van der Waals surface area (Å²) in [4.78, 5) is 56.1. The largest absolute Gasteiger partial charge is 0.488 e. The maximum Gasteiger partial charge on any atom is 0.257 e. The van der Waals surface area contributed by atoms with Crippen LogP contribution in [0.15, 0.2) is 63.0 Å². The van der Waals surface area contributed by atoms with Gasteiger partial charge in [0, 0.05) is 74.4 Å². The lowest BCUT2D eigenvalue weighted by atomic mass is 9.93. The number of amides is 4. The van der Waals surface area contributed by atoms with Gasteiger partial charge in [-0.15, -0.1) is 0 Å². The van der Waals surface area contributed by atoms with Gasteiger partial charge in [-0.05, 0) is 74.6 Å². The fraction of sp³-hybridized carbons (Fsp3) is 0.361. The van der Waals surface area contributed by atoms with Crippen molar-refractivity contribution in [1.82, 2.24) is 25.7 Å². The van der Waals surface area contributed by atoms with Crippen LogP contribution < -0.4 is 31.9 Å². The van der Waals surface area contributed by atoms with Gasteiger partial charge in [-0.25, -0.2) is 0 Å². The SMILES string of the molecule is CNC(=O)CO/C(C)=C/c1cc(N/C2=C(\Cl)C=NCCC(CNc3ccc4c(C5CCC(=O)NC5=O)nn(C)c4c3)CCN=CN2)ccc1NC=O. The standard InChI is InChI=1S/C36H43ClN10O5/c1-22(52-19-33(50)38-2)14-24-15-26(5-8-30(24)43-21-48)44-35-29(37)18-39-12-10-23(11-13-40-20-42-35)17-41-25-4-6-27-31(16-25)47(3)46-34(27)28-7-9-32(49)45-36(28)51/h4-6,8,14-16,18,20-21,23,28,41,44H,7,9-13,17,19H2,1-3H3,(H,38,50)(H,40,42)(H,43,48)(H,45,49,51)/b22-14+,35-29-,39-18?. The summed E-state index contributed by atoms with van der Waals surface area (Å²) in [5.74, 6) is -0.0198. The highest BCUT2D eigenvalue weighted by Crippen LogP contribution is 2.32. The van der Waals surface area contributed by atoms with Crippen molar-refractivity contribution in [2.75, 3.05) is 49.2 Å². The maximum absolute atomic E-state index is 12.5. The van der Waals surface area contributed by atoms with Crippen molar-refractivity contribution in [3.8, 4) is 0 Å². The van der Waals surface area contributed by atoms with Crippen LogP contribution in [0, 0.1) is 5.92 Å². The number of carbonyl (C=O) groups is 4. The second-order valence-electron chi connectivity index (χ2n) is 12.4. The van der Waals surface area contributed by atoms with Crippen molar-refractivity contribution in [3.05, 3.63) is 64.3 Å². The molecule has 1 aromatic heterocycles. The fourth-order valence-corrected chi connectivity index (χ4v) is 6.06. The molecule has 0 radical (unpaired) electrons. The Labute approximate surface area is 306 Å². The van der Waals surface area contributed by atoms with E-state index in [0.717, 1.165) is 29.4 Å². The first kappa shape index (κ1) is 37.6. The van der Waals surface area contributed by atoms with Crippen LogP contribution >= 0.6 is 11.6 Å². The van der Waals surface area contributed by atoms with Crippen LogP contribution in [0.2, 0.25) is 0 Å². The highest BCUT2D eigenvalue weighted by atomic mass is 35.5. The second-order valence-corrected chi connectivity index (χ2v) is 12.8. The van der Waals surface area contributed by atoms with Gasteiger partial charge >= 0.3 is 0 Å². The number of imide groups is 1. The van der Waals surface area contributed by atoms with Crippen molar-refractivity contribution in [1.29, 1.82) is 0 Å². The Bertz CT molecular complexity index is 1940. The van der Waals surface area contributed by atoms with E-state index in [4.69, 9.17) is 16.3 Å². The van der Waals surface area contributed by atoms with Crippen LogP contribution in [0.3, 0.4) is 0 Å². The van der Waals surface area contributed by atoms with Gasteiger partial charge in [0.15, 0.2) is 6.61 Å². The number of piperidine rings is 1. The molecule has 4 amide bonds. The molecule has 0 bridgehead atoms. The summed E-state index contributed by atoms with van der Waals surface area (Å²) in [6.07, 6.45) is 7.90. The number of allylic oxidation sites excluding steroid dienone is 2. The van der Waals surface area contributed by atoms with E-state index in [9.17, 15) is 19.2 Å². The number of likely N-dealkylation sites (N-methyl/N-ethyl adjacent to an activating group) is 1. The molecule has 0 spiro atoms. The summed E-state index contributed by atoms with van der Waals surface area (Å²) < 4.78 is 7.29. The van der Waals surface area contributed by atoms with Gasteiger partial charge in [0.25, 0.3) is 5.91 Å². The number of benzene rings is 2. The Morgan fingerprint density at radius 2 is 1.88 bits per heavy atom. The molecule has 52 heavy (non-hydrogen) atoms. The minimum Gasteiger partial charge on any atom is -0.488 e. The van der Waals surface area contributed by atoms with Crippen LogP contribution in [-0.4, -0.2) is 79.8 Å². The number of ether oxygens (including phenoxy) is 1. The van der Waals surface area contributed by atoms with Gasteiger partial charge in [0.2, 0.25) is 18.2 Å². The number of carbonyl (C=O) groups excluding carboxylic acids is 4. The van der Waals surface area contributed by atoms with Crippen LogP contribution in [0.1, 0.15) is 49.8 Å². The molecular formula is C36H43ClN10O5. The summed E-state index contributed by atoms with van der Waals surface area (Å²) in [6.45, 7) is 3.44. The second kappa shape index (κ2) is 18.0. The van der Waals surface area contributed by atoms with Gasteiger partial charge in [-0.2, -0.15) is 5.10 Å². The number of hydrogen-bond acceptors (Lipinski definition) is 11. The molecule has 0 saturated carbocycles. The molecule has 1 saturated heterocycles. The zero-order valence-electron chi connectivity index (χ0n) is 29.3. The lowest BCUT2D eigenvalue weighted by Crippen LogP contribution is -2.39. The Morgan fingerprint density at radius 3 is 2.65 bits per heavy atom. The van der Waals surface area contributed by atoms with E-state index in [1.54, 1.807) is 42.4 Å². The predicted molar refractivity (Wildman–Crippen MR) is 203 cm³/mol. The van der Waals surface area contributed by atoms with Crippen LogP contribution in [-0.2, 0) is 31.0 Å². The lowest BCUT2D eigenvalue weighted by molar-refractivity contribution is -0.134. The minimum absolute atomic E-state index is 0.131. The molecule has 0 aliphatic carbocycles. The zero-order chi connectivity index (χ0) is 37.0. The number of rotatable bonds is 12. The molecule has 15 nitrogen and oxygen atoms in total. The number of nitrogens with zero attached hydrogens (tertiary/aromatic N) is 4. The predicted octanol–water partition coefficient (Wildman–Crippen LogP) is 3.82. The number of fused-ring (bicyclic) bond motifs is 1. The molecule has 5 rings (SSSR count). The lowest BCUT2D eigenvalue weighted by Gasteiger charge is -2.19. The zero-order valence-corrected chi connectivity index (χ0v) is 30.0. The molecule has 2 aliphatic heterocycles. The van der Waals surface area contributed by atoms with Gasteiger partial charge in [0.05, 0.1) is 34.3 Å². The first-order chi connectivity index (χ1) is 25.1. The first-order valence-electron chi connectivity index (χ1n) is 17.0. The maximum atomic E-state index is 12.5. The van der Waals surface area contributed by atoms with E-state index in [2.05, 4.69) is 47.0 Å². The van der Waals surface area contributed by atoms with Crippen molar-refractivity contribution < 1.29 is 23.9 Å². The monoisotopic (exact) mass is 730 g/mol. The van der Waals surface area contributed by atoms with Gasteiger partial charge < -0.3 is 31.3 Å². The van der Waals surface area contributed by atoms with E-state index in [-0.39, 0.29) is 30.2 Å². The minimum atomic E-state index is -0.450. The van der Waals surface area contributed by atoms with Crippen LogP contribution in [0.5, 0.6) is 0 Å². The summed E-state index contributed by atoms with van der Waals surface area (Å²) >= 11 is 6.68. The fourth-order valence-electron chi connectivity index (χ4n) is 5.89. The molecule has 3 heterocycles. The average Bonchev–Trinajstić information content (AvgIpc) is 3.45. The average molecular weight is 731 g/mol. The topological polar surface area (TPSA) is 192 Å². The Hall–Kier alpha value is -5.70. The normalized spacial score (nSPS) is 19.9. The van der Waals surface area contributed by atoms with E-state index in [1.807, 2.05) is 31.3 Å². The number of aliphatic imine (C=N–C) groups is 2. The highest BCUT2D eigenvalue weighted by Gasteiger charge is 2.31. The third-order valence-corrected chi connectivity index (χ3v) is 9.01. The first-order valence-corrected chi connectivity index (χ1v) is 17.3. The van der Waals surface area contributed by atoms with Crippen molar-refractivity contribution >= 4 is 82.3 Å². The molecular weight excluding hydrogens is 688 g/mol. The van der Waals surface area contributed by atoms with E-state index in [0.29, 0.717) is 78.1 Å². The highest BCUT2D eigenvalue weighted by molar-refractivity contribution is 6.39. The van der Waals surface area contributed by atoms with Crippen LogP contribution in [0.25, 0.3) is 17.0 Å². The summed E-state index contributed by atoms with van der Waals surface area (Å²) in [5.41, 5.74) is 4.39. The third kappa shape index (κ3) is 9.96. The van der Waals surface area contributed by atoms with Crippen molar-refractivity contribution in [3.63, 3.8) is 0 Å². The molecule has 2 aliphatic rings. The van der Waals surface area contributed by atoms with Gasteiger partial charge in [-0.3, -0.25) is 39.2 Å². The molecule has 274 valence electrons. The summed E-state index contributed by atoms with van der Waals surface area (Å²) in [6, 6.07) is 11.3. The molecule has 2 unspecified atom stereocenters. The molecule has 2 aromatic carbocycles. The molecule has 3 aromatic rings. The molecule has 1 fully saturated rings. The number of aromatic nitrogens is 2. The smallest absolute Gasteiger partial charge is 0.257 e. The quantitative estimate of drug-likeness (QED) is 0.0914. The molecule has 2 atom stereocenters. The van der Waals surface area contributed by atoms with Gasteiger partial charge in [-0.1, -0.05) is 11.6 Å². The summed E-state index contributed by atoms with van der Waals surface area (Å²) in [7, 11) is 3.39. The summed E-state index contributed by atoms with van der Waals surface area (Å²) in [5, 5.41) is 23.4. The Kier molecular flexibility index (Phi) is 13.0. The van der Waals surface area contributed by atoms with E-state index < -0.39 is 5.92 Å². The number of nitrogens with one attached hydrogen (secondary N) is 6. The van der Waals surface area contributed by atoms with E-state index in [1.165, 1.54) is 7.05 Å². The molecule has 6 N–H and O–H groups in total. The Balaban J connectivity index is 1.22. The van der Waals surface area contributed by atoms with Crippen LogP contribution in [0.4, 0.5) is 17.1 Å². The van der Waals surface area contributed by atoms with Gasteiger partial charge in [0.1, 0.15) is 5.82 Å². The number of aryl methyl sites for hydroxylation is 1. The number of halogens is 1. The van der Waals surface area contributed by atoms with E-state index >= 15 is 0 Å². The Morgan fingerprint density at radius 1 is 1.10 bits per heavy atom. The number of hydrogen-bond donors (Lipinski definition) is 6. The number of anilines is 3. The van der Waals surface area contributed by atoms with Crippen molar-refractivity contribution in [2.24, 2.45) is 23.0 Å². The third-order valence-electron chi connectivity index (χ3n) is 8.72. The van der Waals surface area contributed by atoms with Crippen molar-refractivity contribution in [2.45, 2.75) is 38.5 Å². The molecule has 16 heteroatoms.